The third kappa shape index (κ3) is 2.51. The van der Waals surface area contributed by atoms with E-state index in [4.69, 9.17) is 11.6 Å². The monoisotopic (exact) mass is 315 g/mol. The molecule has 0 saturated carbocycles. The van der Waals surface area contributed by atoms with Crippen LogP contribution in [-0.2, 0) is 11.3 Å². The Hall–Kier alpha value is -1.84. The molecule has 2 aliphatic rings. The van der Waals surface area contributed by atoms with Gasteiger partial charge in [0.25, 0.3) is 5.91 Å². The van der Waals surface area contributed by atoms with E-state index in [1.165, 1.54) is 11.0 Å². The first-order valence-electron chi connectivity index (χ1n) is 7.36. The number of halogens is 1. The Bertz CT molecular complexity index is 678. The summed E-state index contributed by atoms with van der Waals surface area (Å²) in [5.41, 5.74) is 0.0434. The fraction of sp³-hybridized carbons (Fsp3) is 0.278. The van der Waals surface area contributed by atoms with Gasteiger partial charge in [-0.2, -0.15) is 0 Å². The second-order valence-corrected chi connectivity index (χ2v) is 6.21. The highest BCUT2D eigenvalue weighted by Crippen LogP contribution is 2.40. The number of carbonyl (C=O) groups is 1. The van der Waals surface area contributed by atoms with E-state index in [9.17, 15) is 9.90 Å². The molecule has 4 heteroatoms. The molecular weight excluding hydrogens is 298 g/mol. The number of allylic oxidation sites excluding steroid dienone is 2. The fourth-order valence-electron chi connectivity index (χ4n) is 2.81. The first-order valence-corrected chi connectivity index (χ1v) is 7.74. The Balaban J connectivity index is 1.94. The third-order valence-electron chi connectivity index (χ3n) is 4.14. The van der Waals surface area contributed by atoms with Gasteiger partial charge in [-0.05, 0) is 17.9 Å². The number of nitrogens with zero attached hydrogens (tertiary/aromatic N) is 1. The van der Waals surface area contributed by atoms with Crippen molar-refractivity contribution in [2.75, 3.05) is 0 Å². The zero-order chi connectivity index (χ0) is 15.7. The Labute approximate surface area is 135 Å². The summed E-state index contributed by atoms with van der Waals surface area (Å²) in [6.07, 6.45) is 7.97. The minimum Gasteiger partial charge on any atom is -0.362 e. The highest BCUT2D eigenvalue weighted by atomic mass is 35.5. The molecule has 0 radical (unpaired) electrons. The van der Waals surface area contributed by atoms with Crippen molar-refractivity contribution < 1.29 is 9.90 Å². The van der Waals surface area contributed by atoms with Gasteiger partial charge in [-0.1, -0.05) is 67.1 Å². The first kappa shape index (κ1) is 15.1. The second-order valence-electron chi connectivity index (χ2n) is 5.81. The van der Waals surface area contributed by atoms with Crippen molar-refractivity contribution in [2.45, 2.75) is 25.6 Å². The zero-order valence-electron chi connectivity index (χ0n) is 12.4. The molecule has 3 nitrogen and oxygen atoms in total. The van der Waals surface area contributed by atoms with E-state index in [1.54, 1.807) is 0 Å². The summed E-state index contributed by atoms with van der Waals surface area (Å²) in [6, 6.07) is 9.58. The second kappa shape index (κ2) is 5.75. The molecule has 2 unspecified atom stereocenters. The van der Waals surface area contributed by atoms with Crippen molar-refractivity contribution in [3.8, 4) is 0 Å². The summed E-state index contributed by atoms with van der Waals surface area (Å²) < 4.78 is 0. The first-order chi connectivity index (χ1) is 10.5. The van der Waals surface area contributed by atoms with Gasteiger partial charge in [0, 0.05) is 18.2 Å². The van der Waals surface area contributed by atoms with Gasteiger partial charge in [0.05, 0.1) is 5.03 Å². The van der Waals surface area contributed by atoms with E-state index >= 15 is 0 Å². The molecule has 1 N–H and O–H groups in total. The smallest absolute Gasteiger partial charge is 0.251 e. The van der Waals surface area contributed by atoms with Gasteiger partial charge < -0.3 is 5.11 Å². The van der Waals surface area contributed by atoms with Gasteiger partial charge in [0.1, 0.15) is 0 Å². The van der Waals surface area contributed by atoms with Crippen molar-refractivity contribution in [2.24, 2.45) is 5.92 Å². The van der Waals surface area contributed by atoms with E-state index in [0.29, 0.717) is 18.0 Å². The van der Waals surface area contributed by atoms with Crippen LogP contribution < -0.4 is 0 Å². The normalized spacial score (nSPS) is 27.9. The summed E-state index contributed by atoms with van der Waals surface area (Å²) in [6.45, 7) is 2.41. The molecule has 0 saturated heterocycles. The van der Waals surface area contributed by atoms with Crippen LogP contribution in [0.3, 0.4) is 0 Å². The van der Waals surface area contributed by atoms with E-state index in [2.05, 4.69) is 6.92 Å². The van der Waals surface area contributed by atoms with Crippen LogP contribution in [0, 0.1) is 5.92 Å². The van der Waals surface area contributed by atoms with Gasteiger partial charge in [-0.25, -0.2) is 0 Å². The molecule has 22 heavy (non-hydrogen) atoms. The van der Waals surface area contributed by atoms with Crippen LogP contribution in [-0.4, -0.2) is 21.6 Å². The van der Waals surface area contributed by atoms with Crippen LogP contribution in [0.25, 0.3) is 0 Å². The number of rotatable bonds is 3. The van der Waals surface area contributed by atoms with Crippen molar-refractivity contribution in [3.63, 3.8) is 0 Å². The SMILES string of the molecule is CC1C=CC(C2(O)C(Cl)=CC(=O)N2Cc2ccccc2)=CC1. The molecule has 0 bridgehead atoms. The number of aliphatic hydroxyl groups is 1. The lowest BCUT2D eigenvalue weighted by Gasteiger charge is -2.36. The standard InChI is InChI=1S/C18H18ClNO2/c1-13-7-9-15(10-8-13)18(22)16(19)11-17(21)20(18)12-14-5-3-2-4-6-14/h2-7,9-11,13,22H,8,12H2,1H3. The molecule has 0 fully saturated rings. The predicted octanol–water partition coefficient (Wildman–Crippen LogP) is 3.36. The summed E-state index contributed by atoms with van der Waals surface area (Å²) >= 11 is 6.22. The number of amides is 1. The number of hydrogen-bond acceptors (Lipinski definition) is 2. The highest BCUT2D eigenvalue weighted by molar-refractivity contribution is 6.33. The summed E-state index contributed by atoms with van der Waals surface area (Å²) in [5, 5.41) is 11.3. The van der Waals surface area contributed by atoms with Crippen LogP contribution in [0.1, 0.15) is 18.9 Å². The molecule has 3 rings (SSSR count). The fourth-order valence-corrected chi connectivity index (χ4v) is 3.12. The van der Waals surface area contributed by atoms with E-state index in [-0.39, 0.29) is 10.9 Å². The predicted molar refractivity (Wildman–Crippen MR) is 86.9 cm³/mol. The molecule has 1 aliphatic heterocycles. The molecule has 0 aromatic heterocycles. The van der Waals surface area contributed by atoms with Gasteiger partial charge in [-0.3, -0.25) is 9.69 Å². The molecule has 1 aromatic carbocycles. The number of carbonyl (C=O) groups excluding carboxylic acids is 1. The van der Waals surface area contributed by atoms with Crippen molar-refractivity contribution in [1.29, 1.82) is 0 Å². The molecule has 1 amide bonds. The van der Waals surface area contributed by atoms with Crippen LogP contribution >= 0.6 is 11.6 Å². The lowest BCUT2D eigenvalue weighted by atomic mass is 9.91. The largest absolute Gasteiger partial charge is 0.362 e. The Morgan fingerprint density at radius 2 is 2.09 bits per heavy atom. The topological polar surface area (TPSA) is 40.5 Å². The Morgan fingerprint density at radius 3 is 2.73 bits per heavy atom. The maximum absolute atomic E-state index is 12.3. The quantitative estimate of drug-likeness (QED) is 0.929. The minimum atomic E-state index is -1.56. The Morgan fingerprint density at radius 1 is 1.36 bits per heavy atom. The van der Waals surface area contributed by atoms with Crippen molar-refractivity contribution >= 4 is 17.5 Å². The lowest BCUT2D eigenvalue weighted by molar-refractivity contribution is -0.138. The van der Waals surface area contributed by atoms with E-state index < -0.39 is 5.72 Å². The maximum atomic E-state index is 12.3. The van der Waals surface area contributed by atoms with E-state index in [1.807, 2.05) is 48.6 Å². The average molecular weight is 316 g/mol. The maximum Gasteiger partial charge on any atom is 0.251 e. The summed E-state index contributed by atoms with van der Waals surface area (Å²) in [4.78, 5) is 13.7. The number of benzene rings is 1. The molecule has 114 valence electrons. The Kier molecular flexibility index (Phi) is 3.94. The van der Waals surface area contributed by atoms with Crippen molar-refractivity contribution in [3.05, 3.63) is 70.8 Å². The van der Waals surface area contributed by atoms with Crippen LogP contribution in [0.5, 0.6) is 0 Å². The molecule has 0 spiro atoms. The third-order valence-corrected chi connectivity index (χ3v) is 4.51. The average Bonchev–Trinajstić information content (AvgIpc) is 2.73. The van der Waals surface area contributed by atoms with E-state index in [0.717, 1.165) is 12.0 Å². The summed E-state index contributed by atoms with van der Waals surface area (Å²) in [7, 11) is 0. The molecule has 1 heterocycles. The molecule has 1 aliphatic carbocycles. The molecule has 2 atom stereocenters. The van der Waals surface area contributed by atoms with Gasteiger partial charge in [-0.15, -0.1) is 0 Å². The minimum absolute atomic E-state index is 0.152. The number of hydrogen-bond donors (Lipinski definition) is 1. The van der Waals surface area contributed by atoms with Crippen LogP contribution in [0.15, 0.2) is 65.2 Å². The molecule has 1 aromatic rings. The lowest BCUT2D eigenvalue weighted by Crippen LogP contribution is -2.48. The van der Waals surface area contributed by atoms with Gasteiger partial charge in [0.2, 0.25) is 5.72 Å². The molecular formula is C18H18ClNO2. The summed E-state index contributed by atoms with van der Waals surface area (Å²) in [5.74, 6) is 0.152. The van der Waals surface area contributed by atoms with Gasteiger partial charge >= 0.3 is 0 Å². The van der Waals surface area contributed by atoms with Crippen molar-refractivity contribution in [1.82, 2.24) is 4.90 Å². The van der Waals surface area contributed by atoms with Crippen LogP contribution in [0.4, 0.5) is 0 Å². The van der Waals surface area contributed by atoms with Crippen LogP contribution in [0.2, 0.25) is 0 Å². The highest BCUT2D eigenvalue weighted by Gasteiger charge is 2.48. The zero-order valence-corrected chi connectivity index (χ0v) is 13.1. The van der Waals surface area contributed by atoms with Gasteiger partial charge in [0.15, 0.2) is 0 Å².